The van der Waals surface area contributed by atoms with Gasteiger partial charge < -0.3 is 14.0 Å². The molecular formula is C22H21ClN2O3S. The van der Waals surface area contributed by atoms with Gasteiger partial charge in [-0.3, -0.25) is 4.98 Å². The molecule has 0 unspecified atom stereocenters. The maximum Gasteiger partial charge on any atom is 0.155 e. The van der Waals surface area contributed by atoms with Crippen molar-refractivity contribution in [3.63, 3.8) is 0 Å². The van der Waals surface area contributed by atoms with E-state index in [1.807, 2.05) is 62.7 Å². The van der Waals surface area contributed by atoms with E-state index in [-0.39, 0.29) is 0 Å². The molecule has 3 aromatic heterocycles. The summed E-state index contributed by atoms with van der Waals surface area (Å²) in [4.78, 5) is 10.3. The van der Waals surface area contributed by atoms with Crippen molar-refractivity contribution < 1.29 is 14.0 Å². The van der Waals surface area contributed by atoms with E-state index in [0.717, 1.165) is 21.2 Å². The first-order chi connectivity index (χ1) is 13.9. The van der Waals surface area contributed by atoms with Gasteiger partial charge in [0.25, 0.3) is 0 Å². The Labute approximate surface area is 177 Å². The van der Waals surface area contributed by atoms with Crippen LogP contribution in [0.4, 0.5) is 0 Å². The molecule has 0 aliphatic heterocycles. The highest BCUT2D eigenvalue weighted by Crippen LogP contribution is 2.28. The fourth-order valence-corrected chi connectivity index (χ4v) is 3.65. The molecule has 1 aromatic carbocycles. The molecule has 0 N–H and O–H groups in total. The SMILES string of the molecule is CC(C)(C)ON=c1cc(-c2cc3sccc3cn2)oc2ccc(OCCCl)cc12. The van der Waals surface area contributed by atoms with Gasteiger partial charge in [0, 0.05) is 22.3 Å². The van der Waals surface area contributed by atoms with Gasteiger partial charge in [-0.05, 0) is 56.5 Å². The van der Waals surface area contributed by atoms with Gasteiger partial charge in [0.15, 0.2) is 5.76 Å². The number of nitrogens with zero attached hydrogens (tertiary/aromatic N) is 2. The molecule has 4 aromatic rings. The minimum atomic E-state index is -0.416. The van der Waals surface area contributed by atoms with E-state index >= 15 is 0 Å². The molecule has 3 heterocycles. The summed E-state index contributed by atoms with van der Waals surface area (Å²) in [7, 11) is 0. The fourth-order valence-electron chi connectivity index (χ4n) is 2.77. The first-order valence-corrected chi connectivity index (χ1v) is 10.7. The van der Waals surface area contributed by atoms with Crippen LogP contribution in [0.3, 0.4) is 0 Å². The highest BCUT2D eigenvalue weighted by molar-refractivity contribution is 7.17. The zero-order valence-corrected chi connectivity index (χ0v) is 18.0. The van der Waals surface area contributed by atoms with Gasteiger partial charge in [-0.15, -0.1) is 22.9 Å². The summed E-state index contributed by atoms with van der Waals surface area (Å²) in [5, 5.41) is 9.01. The predicted octanol–water partition coefficient (Wildman–Crippen LogP) is 5.96. The van der Waals surface area contributed by atoms with Crippen molar-refractivity contribution in [2.75, 3.05) is 12.5 Å². The van der Waals surface area contributed by atoms with Crippen LogP contribution in [0.1, 0.15) is 20.8 Å². The third-order valence-corrected chi connectivity index (χ3v) is 5.10. The summed E-state index contributed by atoms with van der Waals surface area (Å²) in [6, 6.07) is 11.5. The number of hydrogen-bond donors (Lipinski definition) is 0. The molecule has 4 rings (SSSR count). The van der Waals surface area contributed by atoms with Crippen LogP contribution >= 0.6 is 22.9 Å². The van der Waals surface area contributed by atoms with Gasteiger partial charge in [-0.2, -0.15) is 0 Å². The van der Waals surface area contributed by atoms with Gasteiger partial charge in [0.2, 0.25) is 0 Å². The number of rotatable bonds is 5. The first-order valence-electron chi connectivity index (χ1n) is 9.25. The second kappa shape index (κ2) is 8.05. The van der Waals surface area contributed by atoms with E-state index in [9.17, 15) is 0 Å². The Balaban J connectivity index is 1.87. The molecule has 0 spiro atoms. The number of alkyl halides is 1. The lowest BCUT2D eigenvalue weighted by molar-refractivity contribution is -0.00585. The quantitative estimate of drug-likeness (QED) is 0.291. The van der Waals surface area contributed by atoms with Crippen LogP contribution in [0.2, 0.25) is 0 Å². The molecule has 7 heteroatoms. The molecule has 0 saturated carbocycles. The lowest BCUT2D eigenvalue weighted by Crippen LogP contribution is -2.18. The van der Waals surface area contributed by atoms with Crippen LogP contribution < -0.4 is 10.1 Å². The molecule has 29 heavy (non-hydrogen) atoms. The van der Waals surface area contributed by atoms with Crippen LogP contribution in [0.25, 0.3) is 32.5 Å². The van der Waals surface area contributed by atoms with E-state index in [4.69, 9.17) is 25.6 Å². The number of halogens is 1. The normalized spacial score (nSPS) is 12.6. The lowest BCUT2D eigenvalue weighted by Gasteiger charge is -2.15. The summed E-state index contributed by atoms with van der Waals surface area (Å²) < 4.78 is 13.0. The Morgan fingerprint density at radius 2 is 2.03 bits per heavy atom. The molecule has 0 fully saturated rings. The minimum Gasteiger partial charge on any atom is -0.492 e. The molecule has 0 bridgehead atoms. The number of thiophene rings is 1. The third-order valence-electron chi connectivity index (χ3n) is 4.07. The molecule has 0 saturated heterocycles. The Kier molecular flexibility index (Phi) is 5.48. The second-order valence-electron chi connectivity index (χ2n) is 7.51. The summed E-state index contributed by atoms with van der Waals surface area (Å²) >= 11 is 7.40. The van der Waals surface area contributed by atoms with Crippen LogP contribution in [-0.2, 0) is 4.84 Å². The third kappa shape index (κ3) is 4.54. The number of aromatic nitrogens is 1. The molecule has 0 atom stereocenters. The summed E-state index contributed by atoms with van der Waals surface area (Å²) in [5.41, 5.74) is 1.00. The van der Waals surface area contributed by atoms with Crippen molar-refractivity contribution in [3.05, 3.63) is 53.3 Å². The van der Waals surface area contributed by atoms with Crippen molar-refractivity contribution >= 4 is 44.0 Å². The smallest absolute Gasteiger partial charge is 0.155 e. The predicted molar refractivity (Wildman–Crippen MR) is 117 cm³/mol. The number of ether oxygens (including phenoxy) is 1. The molecule has 0 aliphatic carbocycles. The Bertz CT molecular complexity index is 1220. The van der Waals surface area contributed by atoms with Gasteiger partial charge >= 0.3 is 0 Å². The van der Waals surface area contributed by atoms with Crippen LogP contribution in [0.15, 0.2) is 57.5 Å². The van der Waals surface area contributed by atoms with E-state index in [1.165, 1.54) is 0 Å². The van der Waals surface area contributed by atoms with Crippen molar-refractivity contribution in [3.8, 4) is 17.2 Å². The molecule has 0 aliphatic rings. The van der Waals surface area contributed by atoms with E-state index in [0.29, 0.717) is 34.9 Å². The highest BCUT2D eigenvalue weighted by atomic mass is 35.5. The summed E-state index contributed by atoms with van der Waals surface area (Å²) in [5.74, 6) is 1.74. The minimum absolute atomic E-state index is 0.416. The highest BCUT2D eigenvalue weighted by Gasteiger charge is 2.13. The largest absolute Gasteiger partial charge is 0.492 e. The zero-order valence-electron chi connectivity index (χ0n) is 16.4. The maximum absolute atomic E-state index is 6.15. The average Bonchev–Trinajstić information content (AvgIpc) is 3.17. The van der Waals surface area contributed by atoms with E-state index in [1.54, 1.807) is 11.3 Å². The van der Waals surface area contributed by atoms with Crippen molar-refractivity contribution in [1.82, 2.24) is 4.98 Å². The Morgan fingerprint density at radius 3 is 2.83 bits per heavy atom. The topological polar surface area (TPSA) is 56.9 Å². The number of fused-ring (bicyclic) bond motifs is 2. The standard InChI is InChI=1S/C22H21ClN2O3S/c1-22(2,3)28-25-17-11-20(18-12-21-14(13-24-18)6-9-29-21)27-19-5-4-15(10-16(17)19)26-8-7-23/h4-6,9-13H,7-8H2,1-3H3. The molecule has 0 radical (unpaired) electrons. The molecule has 5 nitrogen and oxygen atoms in total. The number of benzene rings is 1. The first kappa shape index (κ1) is 19.7. The van der Waals surface area contributed by atoms with Crippen molar-refractivity contribution in [2.45, 2.75) is 26.4 Å². The molecule has 0 amide bonds. The van der Waals surface area contributed by atoms with Gasteiger partial charge in [0.1, 0.15) is 34.6 Å². The second-order valence-corrected chi connectivity index (χ2v) is 8.84. The monoisotopic (exact) mass is 428 g/mol. The summed E-state index contributed by atoms with van der Waals surface area (Å²) in [6.07, 6.45) is 1.85. The van der Waals surface area contributed by atoms with E-state index in [2.05, 4.69) is 16.2 Å². The Morgan fingerprint density at radius 1 is 1.17 bits per heavy atom. The molecular weight excluding hydrogens is 408 g/mol. The van der Waals surface area contributed by atoms with Crippen molar-refractivity contribution in [1.29, 1.82) is 0 Å². The van der Waals surface area contributed by atoms with Gasteiger partial charge in [0.05, 0.1) is 11.3 Å². The molecule has 150 valence electrons. The van der Waals surface area contributed by atoms with Gasteiger partial charge in [-0.25, -0.2) is 0 Å². The van der Waals surface area contributed by atoms with E-state index < -0.39 is 5.60 Å². The zero-order chi connectivity index (χ0) is 20.4. The van der Waals surface area contributed by atoms with Crippen molar-refractivity contribution in [2.24, 2.45) is 5.16 Å². The van der Waals surface area contributed by atoms with Gasteiger partial charge in [-0.1, -0.05) is 5.16 Å². The van der Waals surface area contributed by atoms with Crippen LogP contribution in [0, 0.1) is 0 Å². The van der Waals surface area contributed by atoms with Crippen LogP contribution in [-0.4, -0.2) is 23.1 Å². The van der Waals surface area contributed by atoms with Crippen LogP contribution in [0.5, 0.6) is 5.75 Å². The average molecular weight is 429 g/mol. The maximum atomic E-state index is 6.15. The fraction of sp³-hybridized carbons (Fsp3) is 0.273. The Hall–Kier alpha value is -2.57. The lowest BCUT2D eigenvalue weighted by atomic mass is 10.1. The summed E-state index contributed by atoms with van der Waals surface area (Å²) in [6.45, 7) is 6.29. The number of pyridine rings is 1. The number of hydrogen-bond acceptors (Lipinski definition) is 6.